The van der Waals surface area contributed by atoms with Crippen LogP contribution < -0.4 is 5.32 Å². The van der Waals surface area contributed by atoms with Crippen molar-refractivity contribution in [2.24, 2.45) is 5.92 Å². The van der Waals surface area contributed by atoms with E-state index in [-0.39, 0.29) is 25.6 Å². The standard InChI is InChI=1S/C18H23NO5S/c1-3-13-10-14(18(22)23-4-2)17(25-13)19-15(20)11-24-16(21)9-12-7-5-6-8-12/h5,7,10,12H,3-4,6,8-9,11H2,1-2H3,(H,19,20)/t12-/m0/s1. The molecule has 0 saturated carbocycles. The summed E-state index contributed by atoms with van der Waals surface area (Å²) in [6.07, 6.45) is 7.01. The number of thiophene rings is 1. The van der Waals surface area contributed by atoms with Crippen LogP contribution in [0.15, 0.2) is 18.2 Å². The Morgan fingerprint density at radius 2 is 2.08 bits per heavy atom. The molecule has 1 aromatic rings. The van der Waals surface area contributed by atoms with Crippen molar-refractivity contribution >= 4 is 34.2 Å². The van der Waals surface area contributed by atoms with Gasteiger partial charge in [0.25, 0.3) is 5.91 Å². The number of rotatable bonds is 8. The highest BCUT2D eigenvalue weighted by Gasteiger charge is 2.20. The van der Waals surface area contributed by atoms with E-state index in [1.165, 1.54) is 11.3 Å². The van der Waals surface area contributed by atoms with Crippen molar-refractivity contribution in [3.63, 3.8) is 0 Å². The molecule has 1 heterocycles. The zero-order valence-corrected chi connectivity index (χ0v) is 15.3. The lowest BCUT2D eigenvalue weighted by Crippen LogP contribution is -2.22. The Kier molecular flexibility index (Phi) is 7.18. The second-order valence-electron chi connectivity index (χ2n) is 5.71. The van der Waals surface area contributed by atoms with Gasteiger partial charge in [-0.1, -0.05) is 19.1 Å². The maximum absolute atomic E-state index is 12.0. The molecule has 1 amide bonds. The van der Waals surface area contributed by atoms with E-state index in [0.717, 1.165) is 24.1 Å². The van der Waals surface area contributed by atoms with Gasteiger partial charge in [-0.3, -0.25) is 9.59 Å². The number of hydrogen-bond donors (Lipinski definition) is 1. The third kappa shape index (κ3) is 5.70. The Bertz CT molecular complexity index is 664. The van der Waals surface area contributed by atoms with Crippen LogP contribution in [0, 0.1) is 5.92 Å². The molecule has 1 aliphatic rings. The highest BCUT2D eigenvalue weighted by atomic mass is 32.1. The van der Waals surface area contributed by atoms with Gasteiger partial charge in [-0.2, -0.15) is 0 Å². The molecule has 0 radical (unpaired) electrons. The van der Waals surface area contributed by atoms with Crippen LogP contribution in [0.2, 0.25) is 0 Å². The van der Waals surface area contributed by atoms with Crippen LogP contribution in [0.1, 0.15) is 48.3 Å². The van der Waals surface area contributed by atoms with E-state index in [9.17, 15) is 14.4 Å². The molecule has 7 heteroatoms. The number of aryl methyl sites for hydroxylation is 1. The number of nitrogens with one attached hydrogen (secondary N) is 1. The van der Waals surface area contributed by atoms with Gasteiger partial charge in [0.15, 0.2) is 6.61 Å². The lowest BCUT2D eigenvalue weighted by molar-refractivity contribution is -0.147. The topological polar surface area (TPSA) is 81.7 Å². The normalized spacial score (nSPS) is 15.8. The summed E-state index contributed by atoms with van der Waals surface area (Å²) in [4.78, 5) is 36.7. The summed E-state index contributed by atoms with van der Waals surface area (Å²) in [6, 6.07) is 1.72. The first-order chi connectivity index (χ1) is 12.0. The lowest BCUT2D eigenvalue weighted by atomic mass is 10.1. The summed E-state index contributed by atoms with van der Waals surface area (Å²) in [6.45, 7) is 3.58. The van der Waals surface area contributed by atoms with Gasteiger partial charge in [-0.05, 0) is 38.2 Å². The molecule has 2 rings (SSSR count). The van der Waals surface area contributed by atoms with E-state index in [1.807, 2.05) is 19.1 Å². The van der Waals surface area contributed by atoms with Crippen LogP contribution in [-0.2, 0) is 25.5 Å². The molecule has 0 aliphatic heterocycles. The maximum atomic E-state index is 12.0. The minimum atomic E-state index is -0.473. The molecule has 0 fully saturated rings. The summed E-state index contributed by atoms with van der Waals surface area (Å²) >= 11 is 1.32. The van der Waals surface area contributed by atoms with Crippen LogP contribution in [0.3, 0.4) is 0 Å². The summed E-state index contributed by atoms with van der Waals surface area (Å²) < 4.78 is 10.0. The Labute approximate surface area is 151 Å². The molecule has 0 spiro atoms. The number of carbonyl (C=O) groups excluding carboxylic acids is 3. The number of anilines is 1. The van der Waals surface area contributed by atoms with Gasteiger partial charge in [0, 0.05) is 4.88 Å². The fourth-order valence-electron chi connectivity index (χ4n) is 2.52. The zero-order chi connectivity index (χ0) is 18.2. The molecule has 0 bridgehead atoms. The SMILES string of the molecule is CCOC(=O)c1cc(CC)sc1NC(=O)COC(=O)C[C@H]1C=CCC1. The summed E-state index contributed by atoms with van der Waals surface area (Å²) in [7, 11) is 0. The van der Waals surface area contributed by atoms with Gasteiger partial charge in [0.1, 0.15) is 5.00 Å². The molecule has 0 aromatic carbocycles. The van der Waals surface area contributed by atoms with E-state index in [0.29, 0.717) is 10.6 Å². The molecule has 1 atom stereocenters. The third-order valence-corrected chi connectivity index (χ3v) is 4.98. The molecule has 25 heavy (non-hydrogen) atoms. The number of allylic oxidation sites excluding steroid dienone is 2. The van der Waals surface area contributed by atoms with Crippen LogP contribution in [0.4, 0.5) is 5.00 Å². The van der Waals surface area contributed by atoms with E-state index in [4.69, 9.17) is 9.47 Å². The van der Waals surface area contributed by atoms with Crippen LogP contribution >= 0.6 is 11.3 Å². The van der Waals surface area contributed by atoms with E-state index in [1.54, 1.807) is 13.0 Å². The molecule has 6 nitrogen and oxygen atoms in total. The second kappa shape index (κ2) is 9.36. The van der Waals surface area contributed by atoms with Crippen LogP contribution in [-0.4, -0.2) is 31.1 Å². The second-order valence-corrected chi connectivity index (χ2v) is 6.84. The Morgan fingerprint density at radius 3 is 2.72 bits per heavy atom. The summed E-state index contributed by atoms with van der Waals surface area (Å²) in [5.74, 6) is -1.13. The fraction of sp³-hybridized carbons (Fsp3) is 0.500. The van der Waals surface area contributed by atoms with Gasteiger partial charge in [-0.15, -0.1) is 11.3 Å². The Balaban J connectivity index is 1.88. The highest BCUT2D eigenvalue weighted by Crippen LogP contribution is 2.29. The number of esters is 2. The fourth-order valence-corrected chi connectivity index (χ4v) is 3.52. The van der Waals surface area contributed by atoms with E-state index in [2.05, 4.69) is 5.32 Å². The van der Waals surface area contributed by atoms with Crippen molar-refractivity contribution in [1.82, 2.24) is 0 Å². The molecular formula is C18H23NO5S. The van der Waals surface area contributed by atoms with Crippen molar-refractivity contribution in [3.8, 4) is 0 Å². The molecule has 0 saturated heterocycles. The number of hydrogen-bond acceptors (Lipinski definition) is 6. The predicted octanol–water partition coefficient (Wildman–Crippen LogP) is 3.33. The minimum absolute atomic E-state index is 0.204. The van der Waals surface area contributed by atoms with Crippen LogP contribution in [0.5, 0.6) is 0 Å². The van der Waals surface area contributed by atoms with Crippen molar-refractivity contribution in [2.75, 3.05) is 18.5 Å². The van der Waals surface area contributed by atoms with E-state index < -0.39 is 17.8 Å². The molecule has 1 N–H and O–H groups in total. The first-order valence-corrected chi connectivity index (χ1v) is 9.27. The maximum Gasteiger partial charge on any atom is 0.341 e. The van der Waals surface area contributed by atoms with Gasteiger partial charge >= 0.3 is 11.9 Å². The number of ether oxygens (including phenoxy) is 2. The predicted molar refractivity (Wildman–Crippen MR) is 95.7 cm³/mol. The van der Waals surface area contributed by atoms with Crippen LogP contribution in [0.25, 0.3) is 0 Å². The molecule has 1 aromatic heterocycles. The molecule has 0 unspecified atom stereocenters. The molecule has 1 aliphatic carbocycles. The number of carbonyl (C=O) groups is 3. The monoisotopic (exact) mass is 365 g/mol. The van der Waals surface area contributed by atoms with Crippen molar-refractivity contribution < 1.29 is 23.9 Å². The molecular weight excluding hydrogens is 342 g/mol. The van der Waals surface area contributed by atoms with Crippen molar-refractivity contribution in [1.29, 1.82) is 0 Å². The first-order valence-electron chi connectivity index (χ1n) is 8.45. The quantitative estimate of drug-likeness (QED) is 0.564. The Morgan fingerprint density at radius 1 is 1.28 bits per heavy atom. The van der Waals surface area contributed by atoms with Crippen molar-refractivity contribution in [2.45, 2.75) is 39.5 Å². The largest absolute Gasteiger partial charge is 0.462 e. The third-order valence-electron chi connectivity index (χ3n) is 3.79. The Hall–Kier alpha value is -2.15. The first kappa shape index (κ1) is 19.2. The van der Waals surface area contributed by atoms with E-state index >= 15 is 0 Å². The smallest absolute Gasteiger partial charge is 0.341 e. The lowest BCUT2D eigenvalue weighted by Gasteiger charge is -2.09. The van der Waals surface area contributed by atoms with Crippen molar-refractivity contribution in [3.05, 3.63) is 28.7 Å². The summed E-state index contributed by atoms with van der Waals surface area (Å²) in [5.41, 5.74) is 0.333. The van der Waals surface area contributed by atoms with Gasteiger partial charge < -0.3 is 14.8 Å². The number of amides is 1. The summed E-state index contributed by atoms with van der Waals surface area (Å²) in [5, 5.41) is 3.07. The van der Waals surface area contributed by atoms with Gasteiger partial charge in [0.05, 0.1) is 18.6 Å². The van der Waals surface area contributed by atoms with Gasteiger partial charge in [-0.25, -0.2) is 4.79 Å². The minimum Gasteiger partial charge on any atom is -0.462 e. The molecule has 136 valence electrons. The average Bonchev–Trinajstić information content (AvgIpc) is 3.23. The zero-order valence-electron chi connectivity index (χ0n) is 14.5. The highest BCUT2D eigenvalue weighted by molar-refractivity contribution is 7.16. The average molecular weight is 365 g/mol. The van der Waals surface area contributed by atoms with Gasteiger partial charge in [0.2, 0.25) is 0 Å².